The molecular formula is C9H7F2NO. The van der Waals surface area contributed by atoms with Gasteiger partial charge in [-0.2, -0.15) is 0 Å². The molecule has 2 nitrogen and oxygen atoms in total. The first-order chi connectivity index (χ1) is 6.15. The Bertz CT molecular complexity index is 347. The molecular weight excluding hydrogens is 176 g/mol. The summed E-state index contributed by atoms with van der Waals surface area (Å²) in [5.41, 5.74) is 0.663. The van der Waals surface area contributed by atoms with Crippen molar-refractivity contribution in [1.82, 2.24) is 0 Å². The number of nitrogens with zero attached hydrogens (tertiary/aromatic N) is 1. The summed E-state index contributed by atoms with van der Waals surface area (Å²) in [6, 6.07) is 2.46. The van der Waals surface area contributed by atoms with E-state index in [0.717, 1.165) is 6.07 Å². The highest BCUT2D eigenvalue weighted by molar-refractivity contribution is 5.34. The van der Waals surface area contributed by atoms with Gasteiger partial charge in [0.25, 0.3) is 0 Å². The third-order valence-corrected chi connectivity index (χ3v) is 1.60. The second-order valence-corrected chi connectivity index (χ2v) is 2.62. The Hall–Kier alpha value is -1.54. The lowest BCUT2D eigenvalue weighted by Crippen LogP contribution is -1.92. The van der Waals surface area contributed by atoms with E-state index in [2.05, 4.69) is 4.99 Å². The molecule has 13 heavy (non-hydrogen) atoms. The van der Waals surface area contributed by atoms with Gasteiger partial charge >= 0.3 is 0 Å². The topological polar surface area (TPSA) is 29.4 Å². The highest BCUT2D eigenvalue weighted by Gasteiger charge is 2.06. The molecule has 0 aliphatic rings. The van der Waals surface area contributed by atoms with Crippen LogP contribution in [0.1, 0.15) is 11.1 Å². The summed E-state index contributed by atoms with van der Waals surface area (Å²) in [6.07, 6.45) is 1.33. The Morgan fingerprint density at radius 3 is 2.69 bits per heavy atom. The molecule has 0 aromatic heterocycles. The van der Waals surface area contributed by atoms with Crippen LogP contribution in [0.4, 0.5) is 8.78 Å². The zero-order chi connectivity index (χ0) is 9.84. The highest BCUT2D eigenvalue weighted by Crippen LogP contribution is 2.14. The van der Waals surface area contributed by atoms with E-state index in [-0.39, 0.29) is 12.1 Å². The molecule has 0 aliphatic carbocycles. The monoisotopic (exact) mass is 183 g/mol. The second-order valence-electron chi connectivity index (χ2n) is 2.62. The summed E-state index contributed by atoms with van der Waals surface area (Å²) in [7, 11) is 0. The number of aliphatic imine (C=N–C) groups is 1. The molecule has 0 saturated heterocycles. The summed E-state index contributed by atoms with van der Waals surface area (Å²) in [5, 5.41) is 0. The van der Waals surface area contributed by atoms with Gasteiger partial charge in [0, 0.05) is 0 Å². The van der Waals surface area contributed by atoms with E-state index >= 15 is 0 Å². The van der Waals surface area contributed by atoms with Crippen LogP contribution in [0, 0.1) is 18.6 Å². The molecule has 0 N–H and O–H groups in total. The van der Waals surface area contributed by atoms with Crippen LogP contribution in [0.3, 0.4) is 0 Å². The quantitative estimate of drug-likeness (QED) is 0.510. The van der Waals surface area contributed by atoms with Crippen molar-refractivity contribution in [2.24, 2.45) is 4.99 Å². The average molecular weight is 183 g/mol. The molecule has 1 aromatic carbocycles. The first-order valence-corrected chi connectivity index (χ1v) is 3.63. The van der Waals surface area contributed by atoms with Gasteiger partial charge in [-0.3, -0.25) is 0 Å². The van der Waals surface area contributed by atoms with Crippen molar-refractivity contribution in [3.63, 3.8) is 0 Å². The molecule has 0 unspecified atom stereocenters. The van der Waals surface area contributed by atoms with E-state index in [4.69, 9.17) is 0 Å². The van der Waals surface area contributed by atoms with Crippen LogP contribution >= 0.6 is 0 Å². The molecule has 0 atom stereocenters. The fraction of sp³-hybridized carbons (Fsp3) is 0.222. The average Bonchev–Trinajstić information content (AvgIpc) is 2.10. The largest absolute Gasteiger partial charge is 0.235 e. The van der Waals surface area contributed by atoms with Gasteiger partial charge in [-0.25, -0.2) is 18.6 Å². The normalized spacial score (nSPS) is 9.46. The van der Waals surface area contributed by atoms with Gasteiger partial charge in [-0.05, 0) is 24.1 Å². The number of hydrogen-bond acceptors (Lipinski definition) is 2. The maximum absolute atomic E-state index is 12.8. The molecule has 0 heterocycles. The SMILES string of the molecule is Cc1cc(CN=C=O)cc(F)c1F. The Balaban J connectivity index is 3.05. The molecule has 0 amide bonds. The van der Waals surface area contributed by atoms with Crippen LogP contribution in [0.2, 0.25) is 0 Å². The molecule has 0 aliphatic heterocycles. The van der Waals surface area contributed by atoms with E-state index < -0.39 is 11.6 Å². The Morgan fingerprint density at radius 1 is 1.46 bits per heavy atom. The second kappa shape index (κ2) is 3.92. The minimum absolute atomic E-state index is 0.0293. The van der Waals surface area contributed by atoms with Crippen LogP contribution in [0.25, 0.3) is 0 Å². The summed E-state index contributed by atoms with van der Waals surface area (Å²) in [6.45, 7) is 1.48. The number of halogens is 2. The van der Waals surface area contributed by atoms with Crippen molar-refractivity contribution < 1.29 is 13.6 Å². The maximum Gasteiger partial charge on any atom is 0.235 e. The fourth-order valence-corrected chi connectivity index (χ4v) is 1.01. The summed E-state index contributed by atoms with van der Waals surface area (Å²) < 4.78 is 25.5. The summed E-state index contributed by atoms with van der Waals surface area (Å²) >= 11 is 0. The standard InChI is InChI=1S/C9H7F2NO/c1-6-2-7(4-12-5-13)3-8(10)9(6)11/h2-3H,4H2,1H3. The zero-order valence-electron chi connectivity index (χ0n) is 6.97. The van der Waals surface area contributed by atoms with Gasteiger partial charge in [0.05, 0.1) is 6.54 Å². The molecule has 1 aromatic rings. The van der Waals surface area contributed by atoms with Gasteiger partial charge in [-0.15, -0.1) is 0 Å². The minimum atomic E-state index is -0.920. The lowest BCUT2D eigenvalue weighted by Gasteiger charge is -2.00. The smallest absolute Gasteiger partial charge is 0.211 e. The van der Waals surface area contributed by atoms with Crippen molar-refractivity contribution >= 4 is 6.08 Å². The number of isocyanates is 1. The van der Waals surface area contributed by atoms with Crippen LogP contribution in [0.15, 0.2) is 17.1 Å². The van der Waals surface area contributed by atoms with Crippen LogP contribution in [-0.2, 0) is 11.3 Å². The molecule has 0 saturated carbocycles. The number of rotatable bonds is 2. The molecule has 68 valence electrons. The van der Waals surface area contributed by atoms with Gasteiger partial charge in [0.1, 0.15) is 0 Å². The van der Waals surface area contributed by atoms with E-state index in [1.807, 2.05) is 0 Å². The maximum atomic E-state index is 12.8. The molecule has 0 spiro atoms. The number of benzene rings is 1. The van der Waals surface area contributed by atoms with Crippen molar-refractivity contribution in [3.8, 4) is 0 Å². The van der Waals surface area contributed by atoms with Gasteiger partial charge in [0.15, 0.2) is 11.6 Å². The molecule has 0 bridgehead atoms. The Kier molecular flexibility index (Phi) is 2.88. The molecule has 4 heteroatoms. The van der Waals surface area contributed by atoms with Crippen LogP contribution in [0.5, 0.6) is 0 Å². The predicted octanol–water partition coefficient (Wildman–Crippen LogP) is 2.11. The fourth-order valence-electron chi connectivity index (χ4n) is 1.01. The van der Waals surface area contributed by atoms with Gasteiger partial charge in [0.2, 0.25) is 6.08 Å². The summed E-state index contributed by atoms with van der Waals surface area (Å²) in [5.74, 6) is -1.78. The number of aryl methyl sites for hydroxylation is 1. The predicted molar refractivity (Wildman–Crippen MR) is 42.9 cm³/mol. The lowest BCUT2D eigenvalue weighted by molar-refractivity contribution is 0.501. The van der Waals surface area contributed by atoms with E-state index in [0.29, 0.717) is 5.56 Å². The van der Waals surface area contributed by atoms with E-state index in [1.165, 1.54) is 19.1 Å². The zero-order valence-corrected chi connectivity index (χ0v) is 6.97. The molecule has 0 fully saturated rings. The van der Waals surface area contributed by atoms with E-state index in [1.54, 1.807) is 0 Å². The van der Waals surface area contributed by atoms with Gasteiger partial charge in [-0.1, -0.05) is 6.07 Å². The van der Waals surface area contributed by atoms with Crippen molar-refractivity contribution in [3.05, 3.63) is 34.9 Å². The summed E-state index contributed by atoms with van der Waals surface area (Å²) in [4.78, 5) is 13.0. The molecule has 0 radical (unpaired) electrons. The third-order valence-electron chi connectivity index (χ3n) is 1.60. The van der Waals surface area contributed by atoms with Crippen molar-refractivity contribution in [1.29, 1.82) is 0 Å². The third kappa shape index (κ3) is 2.20. The molecule has 1 rings (SSSR count). The lowest BCUT2D eigenvalue weighted by atomic mass is 10.1. The van der Waals surface area contributed by atoms with Crippen molar-refractivity contribution in [2.45, 2.75) is 13.5 Å². The first kappa shape index (κ1) is 9.55. The Morgan fingerprint density at radius 2 is 2.15 bits per heavy atom. The first-order valence-electron chi connectivity index (χ1n) is 3.63. The van der Waals surface area contributed by atoms with Crippen molar-refractivity contribution in [2.75, 3.05) is 0 Å². The Labute approximate surface area is 73.9 Å². The van der Waals surface area contributed by atoms with Crippen LogP contribution < -0.4 is 0 Å². The van der Waals surface area contributed by atoms with Crippen LogP contribution in [-0.4, -0.2) is 6.08 Å². The van der Waals surface area contributed by atoms with E-state index in [9.17, 15) is 13.6 Å². The van der Waals surface area contributed by atoms with Gasteiger partial charge < -0.3 is 0 Å². The minimum Gasteiger partial charge on any atom is -0.211 e. The highest BCUT2D eigenvalue weighted by atomic mass is 19.2. The number of carbonyl (C=O) groups excluding carboxylic acids is 1. The number of hydrogen-bond donors (Lipinski definition) is 0.